The predicted octanol–water partition coefficient (Wildman–Crippen LogP) is 30.0. The molecular formula is C76H94S10. The van der Waals surface area contributed by atoms with Gasteiger partial charge in [0.15, 0.2) is 0 Å². The Morgan fingerprint density at radius 3 is 0.663 bits per heavy atom. The first-order valence-corrected chi connectivity index (χ1v) is 41.6. The third-order valence-electron chi connectivity index (χ3n) is 17.0. The second-order valence-electron chi connectivity index (χ2n) is 23.8. The van der Waals surface area contributed by atoms with Gasteiger partial charge in [0.2, 0.25) is 0 Å². The molecule has 0 fully saturated rings. The summed E-state index contributed by atoms with van der Waals surface area (Å²) in [4.78, 5) is 29.0. The third-order valence-corrected chi connectivity index (χ3v) is 30.2. The third kappa shape index (κ3) is 17.7. The lowest BCUT2D eigenvalue weighted by atomic mass is 10.0. The van der Waals surface area contributed by atoms with Crippen molar-refractivity contribution in [1.82, 2.24) is 0 Å². The molecule has 10 aromatic rings. The first-order valence-electron chi connectivity index (χ1n) is 33.5. The zero-order valence-corrected chi connectivity index (χ0v) is 60.7. The molecule has 0 saturated heterocycles. The normalized spacial score (nSPS) is 11.8. The van der Waals surface area contributed by atoms with Crippen LogP contribution in [0.1, 0.15) is 228 Å². The van der Waals surface area contributed by atoms with Crippen LogP contribution in [0.25, 0.3) is 87.8 Å². The number of rotatable bonds is 39. The van der Waals surface area contributed by atoms with Gasteiger partial charge < -0.3 is 0 Å². The van der Waals surface area contributed by atoms with E-state index in [9.17, 15) is 0 Å². The predicted molar refractivity (Wildman–Crippen MR) is 401 cm³/mol. The van der Waals surface area contributed by atoms with Gasteiger partial charge in [-0.2, -0.15) is 0 Å². The van der Waals surface area contributed by atoms with Crippen molar-refractivity contribution in [1.29, 1.82) is 0 Å². The van der Waals surface area contributed by atoms with Crippen molar-refractivity contribution in [3.8, 4) is 87.8 Å². The average Bonchev–Trinajstić information content (AvgIpc) is 2.21. The van der Waals surface area contributed by atoms with Crippen LogP contribution in [-0.2, 0) is 38.5 Å². The highest BCUT2D eigenvalue weighted by molar-refractivity contribution is 7.32. The first kappa shape index (κ1) is 65.9. The summed E-state index contributed by atoms with van der Waals surface area (Å²) >= 11 is 20.2. The van der Waals surface area contributed by atoms with Crippen LogP contribution in [0.15, 0.2) is 97.1 Å². The van der Waals surface area contributed by atoms with E-state index in [-0.39, 0.29) is 0 Å². The first-order chi connectivity index (χ1) is 42.4. The van der Waals surface area contributed by atoms with Gasteiger partial charge >= 0.3 is 0 Å². The maximum Gasteiger partial charge on any atom is 0.0481 e. The fraction of sp³-hybridized carbons (Fsp3) is 0.474. The Labute approximate surface area is 558 Å². The summed E-state index contributed by atoms with van der Waals surface area (Å²) in [5, 5.41) is 0. The Morgan fingerprint density at radius 2 is 0.407 bits per heavy atom. The molecule has 0 bridgehead atoms. The van der Waals surface area contributed by atoms with Gasteiger partial charge in [0, 0.05) is 97.5 Å². The van der Waals surface area contributed by atoms with Crippen LogP contribution in [-0.4, -0.2) is 0 Å². The Hall–Kier alpha value is -3.00. The van der Waals surface area contributed by atoms with Crippen molar-refractivity contribution in [2.75, 3.05) is 0 Å². The zero-order chi connectivity index (χ0) is 59.5. The lowest BCUT2D eigenvalue weighted by Gasteiger charge is -2.04. The topological polar surface area (TPSA) is 0 Å². The molecule has 0 radical (unpaired) electrons. The summed E-state index contributed by atoms with van der Waals surface area (Å²) in [5.41, 5.74) is 6.21. The smallest absolute Gasteiger partial charge is 0.0481 e. The molecule has 0 aromatic carbocycles. The quantitative estimate of drug-likeness (QED) is 0.0337. The van der Waals surface area contributed by atoms with Crippen molar-refractivity contribution in [2.45, 2.75) is 234 Å². The minimum absolute atomic E-state index is 1.11. The van der Waals surface area contributed by atoms with E-state index in [1.807, 2.05) is 113 Å². The summed E-state index contributed by atoms with van der Waals surface area (Å²) in [6.45, 7) is 13.9. The molecule has 0 atom stereocenters. The van der Waals surface area contributed by atoms with Crippen LogP contribution >= 0.6 is 113 Å². The van der Waals surface area contributed by atoms with E-state index in [2.05, 4.69) is 139 Å². The van der Waals surface area contributed by atoms with Crippen LogP contribution in [0, 0.1) is 0 Å². The highest BCUT2D eigenvalue weighted by Crippen LogP contribution is 2.52. The maximum absolute atomic E-state index is 2.59. The van der Waals surface area contributed by atoms with Crippen LogP contribution in [0.5, 0.6) is 0 Å². The lowest BCUT2D eigenvalue weighted by Crippen LogP contribution is -1.86. The Kier molecular flexibility index (Phi) is 26.4. The number of hydrogen-bond donors (Lipinski definition) is 0. The summed E-state index contributed by atoms with van der Waals surface area (Å²) < 4.78 is 0. The molecular weight excluding hydrogens is 1230 g/mol. The van der Waals surface area contributed by atoms with Crippen LogP contribution in [0.3, 0.4) is 0 Å². The molecule has 10 heteroatoms. The van der Waals surface area contributed by atoms with Gasteiger partial charge in [0.05, 0.1) is 0 Å². The average molecular weight is 1330 g/mol. The molecule has 0 aliphatic carbocycles. The Balaban J connectivity index is 0.903. The maximum atomic E-state index is 2.59. The molecule has 0 amide bonds. The molecule has 0 spiro atoms. The summed E-state index contributed by atoms with van der Waals surface area (Å²) in [6, 6.07) is 39.3. The summed E-state index contributed by atoms with van der Waals surface area (Å²) in [6.07, 6.45) is 38.8. The molecule has 10 aromatic heterocycles. The minimum Gasteiger partial charge on any atom is -0.139 e. The second-order valence-corrected chi connectivity index (χ2v) is 34.7. The SMILES string of the molecule is CCCCCCCCc1cc(-c2ccc(CC)s2)sc1-c1ccc(-c2sc(-c3ccc(-c4ccc(-c5cc(CCCCCCCC)c(-c6ccc(-c7sc(-c8ccc(CC)s8)cc7CCCCCCCC)s6)s5)s4)s3)cc2CCCCCCCC)s1. The summed E-state index contributed by atoms with van der Waals surface area (Å²) in [5.74, 6) is 0. The van der Waals surface area contributed by atoms with Crippen molar-refractivity contribution in [3.05, 3.63) is 129 Å². The van der Waals surface area contributed by atoms with Crippen molar-refractivity contribution in [2.24, 2.45) is 0 Å². The highest BCUT2D eigenvalue weighted by atomic mass is 32.1. The summed E-state index contributed by atoms with van der Waals surface area (Å²) in [7, 11) is 0. The fourth-order valence-electron chi connectivity index (χ4n) is 11.9. The van der Waals surface area contributed by atoms with Crippen molar-refractivity contribution < 1.29 is 0 Å². The van der Waals surface area contributed by atoms with E-state index >= 15 is 0 Å². The van der Waals surface area contributed by atoms with E-state index in [0.29, 0.717) is 0 Å². The monoisotopic (exact) mass is 1330 g/mol. The van der Waals surface area contributed by atoms with E-state index < -0.39 is 0 Å². The largest absolute Gasteiger partial charge is 0.139 e. The second kappa shape index (κ2) is 34.4. The van der Waals surface area contributed by atoms with Crippen LogP contribution < -0.4 is 0 Å². The molecule has 0 N–H and O–H groups in total. The van der Waals surface area contributed by atoms with E-state index in [4.69, 9.17) is 0 Å². The number of unbranched alkanes of at least 4 members (excludes halogenated alkanes) is 20. The molecule has 458 valence electrons. The van der Waals surface area contributed by atoms with Gasteiger partial charge in [-0.05, 0) is 184 Å². The number of hydrogen-bond acceptors (Lipinski definition) is 10. The standard InChI is InChI=1S/C76H94S10/c1-7-13-17-21-25-29-33-53-49-69(61-39-37-57(11-5)77-61)83-73(53)65-45-47-67(81-65)75-55(35-31-27-23-19-15-9-3)51-71(85-75)63-43-41-59(79-63)60-42-44-64(80-60)72-52-56(36-32-28-24-20-16-10-4)76(86-72)68-48-46-66(82-68)74-54(34-30-26-22-18-14-8-2)50-70(84-74)62-40-38-58(12-6)78-62/h37-52H,7-36H2,1-6H3. The number of thiophene rings is 10. The van der Waals surface area contributed by atoms with Crippen LogP contribution in [0.2, 0.25) is 0 Å². The highest BCUT2D eigenvalue weighted by Gasteiger charge is 2.23. The fourth-order valence-corrected chi connectivity index (χ4v) is 23.7. The van der Waals surface area contributed by atoms with Gasteiger partial charge in [-0.3, -0.25) is 0 Å². The van der Waals surface area contributed by atoms with Crippen LogP contribution in [0.4, 0.5) is 0 Å². The van der Waals surface area contributed by atoms with Crippen molar-refractivity contribution >= 4 is 113 Å². The van der Waals surface area contributed by atoms with Gasteiger partial charge in [-0.15, -0.1) is 113 Å². The minimum atomic E-state index is 1.11. The van der Waals surface area contributed by atoms with E-state index in [1.165, 1.54) is 264 Å². The molecule has 0 aliphatic heterocycles. The van der Waals surface area contributed by atoms with Crippen molar-refractivity contribution in [3.63, 3.8) is 0 Å². The van der Waals surface area contributed by atoms with E-state index in [0.717, 1.165) is 25.7 Å². The molecule has 0 nitrogen and oxygen atoms in total. The van der Waals surface area contributed by atoms with Gasteiger partial charge in [0.1, 0.15) is 0 Å². The Bertz CT molecular complexity index is 3330. The molecule has 0 unspecified atom stereocenters. The Morgan fingerprint density at radius 1 is 0.198 bits per heavy atom. The van der Waals surface area contributed by atoms with E-state index in [1.54, 1.807) is 22.3 Å². The molecule has 10 heterocycles. The molecule has 10 rings (SSSR count). The molecule has 0 saturated carbocycles. The van der Waals surface area contributed by atoms with Gasteiger partial charge in [-0.25, -0.2) is 0 Å². The van der Waals surface area contributed by atoms with Gasteiger partial charge in [0.25, 0.3) is 0 Å². The lowest BCUT2D eigenvalue weighted by molar-refractivity contribution is 0.608. The molecule has 86 heavy (non-hydrogen) atoms. The number of aryl methyl sites for hydroxylation is 6. The zero-order valence-electron chi connectivity index (χ0n) is 52.5. The molecule has 0 aliphatic rings. The van der Waals surface area contributed by atoms with Gasteiger partial charge in [-0.1, -0.05) is 170 Å².